The first-order chi connectivity index (χ1) is 9.32. The largest absolute Gasteiger partial charge is 0.328 e. The maximum Gasteiger partial charge on any atom is 0.245 e. The molecule has 0 radical (unpaired) electrons. The molecule has 0 aliphatic carbocycles. The van der Waals surface area contributed by atoms with Crippen LogP contribution in [0.3, 0.4) is 0 Å². The van der Waals surface area contributed by atoms with Crippen molar-refractivity contribution in [3.63, 3.8) is 0 Å². The van der Waals surface area contributed by atoms with Crippen LogP contribution >= 0.6 is 0 Å². The third kappa shape index (κ3) is 3.02. The Bertz CT molecular complexity index is 579. The highest BCUT2D eigenvalue weighted by Gasteiger charge is 2.32. The van der Waals surface area contributed by atoms with E-state index in [2.05, 4.69) is 0 Å². The van der Waals surface area contributed by atoms with Gasteiger partial charge in [-0.2, -0.15) is 4.31 Å². The molecule has 1 atom stereocenters. The van der Waals surface area contributed by atoms with Crippen molar-refractivity contribution in [1.82, 2.24) is 4.31 Å². The molecular formula is C14H21FN2O2S. The van der Waals surface area contributed by atoms with Crippen LogP contribution in [-0.4, -0.2) is 31.9 Å². The van der Waals surface area contributed by atoms with E-state index >= 15 is 0 Å². The molecule has 1 aliphatic rings. The Kier molecular flexibility index (Phi) is 4.46. The van der Waals surface area contributed by atoms with Crippen LogP contribution < -0.4 is 5.73 Å². The third-order valence-electron chi connectivity index (χ3n) is 3.95. The number of hydrogen-bond acceptors (Lipinski definition) is 3. The summed E-state index contributed by atoms with van der Waals surface area (Å²) < 4.78 is 40.1. The Morgan fingerprint density at radius 2 is 1.95 bits per heavy atom. The Hall–Kier alpha value is -0.980. The average Bonchev–Trinajstić information content (AvgIpc) is 2.38. The standard InChI is InChI=1S/C14H21FN2O2S/c1-10-3-4-14(13(15)9-10)20(18,19)17-7-5-12(6-8-17)11(2)16/h3-4,9,11-12H,5-8,16H2,1-2H3. The molecule has 1 unspecified atom stereocenters. The van der Waals surface area contributed by atoms with Gasteiger partial charge in [-0.05, 0) is 50.3 Å². The van der Waals surface area contributed by atoms with Crippen LogP contribution in [0.4, 0.5) is 4.39 Å². The molecule has 2 N–H and O–H groups in total. The van der Waals surface area contributed by atoms with Gasteiger partial charge in [-0.3, -0.25) is 0 Å². The zero-order chi connectivity index (χ0) is 14.9. The van der Waals surface area contributed by atoms with Crippen molar-refractivity contribution >= 4 is 10.0 Å². The molecule has 1 aromatic rings. The van der Waals surface area contributed by atoms with Gasteiger partial charge >= 0.3 is 0 Å². The molecule has 0 bridgehead atoms. The number of nitrogens with zero attached hydrogens (tertiary/aromatic N) is 1. The fraction of sp³-hybridized carbons (Fsp3) is 0.571. The number of sulfonamides is 1. The molecule has 1 heterocycles. The molecule has 6 heteroatoms. The lowest BCUT2D eigenvalue weighted by atomic mass is 9.92. The molecule has 112 valence electrons. The fourth-order valence-electron chi connectivity index (χ4n) is 2.60. The molecule has 1 fully saturated rings. The van der Waals surface area contributed by atoms with Crippen LogP contribution in [0.15, 0.2) is 23.1 Å². The molecule has 4 nitrogen and oxygen atoms in total. The monoisotopic (exact) mass is 300 g/mol. The van der Waals surface area contributed by atoms with E-state index in [1.165, 1.54) is 16.4 Å². The molecule has 0 amide bonds. The molecule has 1 saturated heterocycles. The van der Waals surface area contributed by atoms with Crippen molar-refractivity contribution in [2.24, 2.45) is 11.7 Å². The van der Waals surface area contributed by atoms with E-state index in [-0.39, 0.29) is 10.9 Å². The average molecular weight is 300 g/mol. The second-order valence-corrected chi connectivity index (χ2v) is 7.44. The molecule has 2 rings (SSSR count). The van der Waals surface area contributed by atoms with Crippen LogP contribution in [0.25, 0.3) is 0 Å². The van der Waals surface area contributed by atoms with Gasteiger partial charge < -0.3 is 5.73 Å². The summed E-state index contributed by atoms with van der Waals surface area (Å²) in [5, 5.41) is 0. The smallest absolute Gasteiger partial charge is 0.245 e. The molecule has 1 aliphatic heterocycles. The summed E-state index contributed by atoms with van der Waals surface area (Å²) in [4.78, 5) is -0.234. The highest BCUT2D eigenvalue weighted by molar-refractivity contribution is 7.89. The van der Waals surface area contributed by atoms with Gasteiger partial charge in [0.1, 0.15) is 10.7 Å². The van der Waals surface area contributed by atoms with E-state index < -0.39 is 15.8 Å². The minimum Gasteiger partial charge on any atom is -0.328 e. The van der Waals surface area contributed by atoms with Gasteiger partial charge in [-0.25, -0.2) is 12.8 Å². The number of aryl methyl sites for hydroxylation is 1. The lowest BCUT2D eigenvalue weighted by Crippen LogP contribution is -2.42. The molecular weight excluding hydrogens is 279 g/mol. The van der Waals surface area contributed by atoms with Crippen LogP contribution in [0.1, 0.15) is 25.3 Å². The minimum absolute atomic E-state index is 0.0657. The summed E-state index contributed by atoms with van der Waals surface area (Å²) in [6.45, 7) is 4.48. The zero-order valence-corrected chi connectivity index (χ0v) is 12.7. The minimum atomic E-state index is -3.74. The predicted octanol–water partition coefficient (Wildman–Crippen LogP) is 1.88. The fourth-order valence-corrected chi connectivity index (χ4v) is 4.11. The van der Waals surface area contributed by atoms with Crippen molar-refractivity contribution in [1.29, 1.82) is 0 Å². The van der Waals surface area contributed by atoms with Crippen LogP contribution in [-0.2, 0) is 10.0 Å². The zero-order valence-electron chi connectivity index (χ0n) is 11.8. The normalized spacial score (nSPS) is 20.0. The van der Waals surface area contributed by atoms with Gasteiger partial charge in [0.05, 0.1) is 0 Å². The number of nitrogens with two attached hydrogens (primary N) is 1. The number of hydrogen-bond donors (Lipinski definition) is 1. The summed E-state index contributed by atoms with van der Waals surface area (Å²) in [6, 6.07) is 4.28. The second-order valence-electron chi connectivity index (χ2n) is 5.53. The van der Waals surface area contributed by atoms with E-state index in [4.69, 9.17) is 5.73 Å². The SMILES string of the molecule is Cc1ccc(S(=O)(=O)N2CCC(C(C)N)CC2)c(F)c1. The van der Waals surface area contributed by atoms with Crippen LogP contribution in [0.5, 0.6) is 0 Å². The maximum atomic E-state index is 13.9. The number of halogens is 1. The lowest BCUT2D eigenvalue weighted by Gasteiger charge is -2.33. The Morgan fingerprint density at radius 3 is 2.45 bits per heavy atom. The van der Waals surface area contributed by atoms with Crippen molar-refractivity contribution in [2.45, 2.75) is 37.6 Å². The highest BCUT2D eigenvalue weighted by atomic mass is 32.2. The first kappa shape index (κ1) is 15.4. The van der Waals surface area contributed by atoms with Crippen LogP contribution in [0, 0.1) is 18.7 Å². The first-order valence-corrected chi connectivity index (χ1v) is 8.28. The van der Waals surface area contributed by atoms with E-state index in [1.54, 1.807) is 13.0 Å². The number of rotatable bonds is 3. The van der Waals surface area contributed by atoms with Gasteiger partial charge in [0.25, 0.3) is 0 Å². The van der Waals surface area contributed by atoms with Gasteiger partial charge in [0.15, 0.2) is 0 Å². The van der Waals surface area contributed by atoms with E-state index in [0.717, 1.165) is 12.8 Å². The summed E-state index contributed by atoms with van der Waals surface area (Å²) in [6.07, 6.45) is 1.45. The van der Waals surface area contributed by atoms with E-state index in [1.807, 2.05) is 6.92 Å². The van der Waals surface area contributed by atoms with Crippen molar-refractivity contribution in [3.05, 3.63) is 29.6 Å². The number of benzene rings is 1. The number of piperidine rings is 1. The molecule has 20 heavy (non-hydrogen) atoms. The topological polar surface area (TPSA) is 63.4 Å². The molecule has 1 aromatic carbocycles. The van der Waals surface area contributed by atoms with Crippen molar-refractivity contribution < 1.29 is 12.8 Å². The van der Waals surface area contributed by atoms with Gasteiger partial charge in [-0.1, -0.05) is 6.07 Å². The van der Waals surface area contributed by atoms with E-state index in [9.17, 15) is 12.8 Å². The molecule has 0 spiro atoms. The van der Waals surface area contributed by atoms with E-state index in [0.29, 0.717) is 24.6 Å². The Labute approximate surface area is 119 Å². The van der Waals surface area contributed by atoms with Crippen molar-refractivity contribution in [2.75, 3.05) is 13.1 Å². The van der Waals surface area contributed by atoms with Gasteiger partial charge in [0, 0.05) is 19.1 Å². The first-order valence-electron chi connectivity index (χ1n) is 6.84. The highest BCUT2D eigenvalue weighted by Crippen LogP contribution is 2.26. The third-order valence-corrected chi connectivity index (χ3v) is 5.88. The van der Waals surface area contributed by atoms with Crippen molar-refractivity contribution in [3.8, 4) is 0 Å². The van der Waals surface area contributed by atoms with Gasteiger partial charge in [-0.15, -0.1) is 0 Å². The summed E-state index contributed by atoms with van der Waals surface area (Å²) >= 11 is 0. The molecule has 0 aromatic heterocycles. The molecule has 0 saturated carbocycles. The Morgan fingerprint density at radius 1 is 1.35 bits per heavy atom. The lowest BCUT2D eigenvalue weighted by molar-refractivity contribution is 0.250. The summed E-state index contributed by atoms with van der Waals surface area (Å²) in [7, 11) is -3.74. The quantitative estimate of drug-likeness (QED) is 0.927. The van der Waals surface area contributed by atoms with Crippen LogP contribution in [0.2, 0.25) is 0 Å². The Balaban J connectivity index is 2.20. The second kappa shape index (κ2) is 5.79. The predicted molar refractivity (Wildman–Crippen MR) is 76.3 cm³/mol. The summed E-state index contributed by atoms with van der Waals surface area (Å²) in [5.41, 5.74) is 6.55. The van der Waals surface area contributed by atoms with Gasteiger partial charge in [0.2, 0.25) is 10.0 Å². The maximum absolute atomic E-state index is 13.9. The summed E-state index contributed by atoms with van der Waals surface area (Å²) in [5.74, 6) is -0.344.